The molecule has 1 fully saturated rings. The molecule has 0 spiro atoms. The number of halogens is 1. The number of aromatic nitrogens is 2. The maximum absolute atomic E-state index is 8.81. The number of para-hydroxylation sites is 1. The largest absolute Gasteiger partial charge is 0.369 e. The third-order valence-corrected chi connectivity index (χ3v) is 5.93. The van der Waals surface area contributed by atoms with Crippen LogP contribution < -0.4 is 4.90 Å². The molecule has 3 aromatic rings. The molecule has 4 rings (SSSR count). The molecule has 1 aromatic heterocycles. The van der Waals surface area contributed by atoms with Gasteiger partial charge in [-0.3, -0.25) is 4.68 Å². The number of fused-ring (bicyclic) bond motifs is 1. The lowest BCUT2D eigenvalue weighted by Crippen LogP contribution is -2.28. The SMILES string of the molecule is CC=O.CCCn1ncc2ccccc21.C[C@@H]1CCN(c2ccc(C=N)c(Cl)c2)[C@H]1C. The van der Waals surface area contributed by atoms with Gasteiger partial charge < -0.3 is 15.1 Å². The molecule has 0 amide bonds. The topological polar surface area (TPSA) is 62.0 Å². The summed E-state index contributed by atoms with van der Waals surface area (Å²) in [6, 6.07) is 14.8. The van der Waals surface area contributed by atoms with Gasteiger partial charge in [-0.2, -0.15) is 5.10 Å². The van der Waals surface area contributed by atoms with Crippen LogP contribution in [0.2, 0.25) is 5.02 Å². The molecule has 0 bridgehead atoms. The first-order valence-electron chi connectivity index (χ1n) is 10.8. The molecule has 0 aliphatic carbocycles. The summed E-state index contributed by atoms with van der Waals surface area (Å²) < 4.78 is 2.05. The molecule has 0 unspecified atom stereocenters. The van der Waals surface area contributed by atoms with Crippen LogP contribution in [-0.2, 0) is 11.3 Å². The zero-order valence-electron chi connectivity index (χ0n) is 18.9. The molecular formula is C25H33ClN4O. The number of hydrogen-bond donors (Lipinski definition) is 1. The summed E-state index contributed by atoms with van der Waals surface area (Å²) in [5.41, 5.74) is 3.19. The lowest BCUT2D eigenvalue weighted by atomic mass is 10.0. The molecule has 1 aliphatic rings. The standard InChI is InChI=1S/C13H17ClN2.C10H12N2.C2H4O/c1-9-5-6-16(10(9)2)12-4-3-11(8-15)13(14)7-12;1-2-7-12-10-6-4-3-5-9(10)8-11-12;1-2-3/h3-4,7-10,15H,5-6H2,1-2H3;3-6,8H,2,7H2,1H3;2H,1H3/t9-,10+;;/m1../s1. The second kappa shape index (κ2) is 12.3. The molecular weight excluding hydrogens is 408 g/mol. The quantitative estimate of drug-likeness (QED) is 0.386. The second-order valence-corrected chi connectivity index (χ2v) is 8.12. The van der Waals surface area contributed by atoms with Crippen LogP contribution in [0.5, 0.6) is 0 Å². The van der Waals surface area contributed by atoms with Crippen LogP contribution in [0.4, 0.5) is 5.69 Å². The molecule has 5 nitrogen and oxygen atoms in total. The Morgan fingerprint density at radius 2 is 1.94 bits per heavy atom. The van der Waals surface area contributed by atoms with E-state index in [1.54, 1.807) is 0 Å². The highest BCUT2D eigenvalue weighted by Gasteiger charge is 2.27. The van der Waals surface area contributed by atoms with E-state index in [1.165, 1.54) is 36.1 Å². The fraction of sp³-hybridized carbons (Fsp3) is 0.400. The number of benzene rings is 2. The Morgan fingerprint density at radius 1 is 1.23 bits per heavy atom. The lowest BCUT2D eigenvalue weighted by molar-refractivity contribution is -0.106. The van der Waals surface area contributed by atoms with E-state index in [0.29, 0.717) is 11.1 Å². The molecule has 31 heavy (non-hydrogen) atoms. The third-order valence-electron chi connectivity index (χ3n) is 5.60. The minimum atomic E-state index is 0.571. The van der Waals surface area contributed by atoms with E-state index in [1.807, 2.05) is 24.4 Å². The molecule has 1 aliphatic heterocycles. The van der Waals surface area contributed by atoms with E-state index in [0.717, 1.165) is 37.3 Å². The van der Waals surface area contributed by atoms with E-state index in [4.69, 9.17) is 21.8 Å². The molecule has 6 heteroatoms. The van der Waals surface area contributed by atoms with E-state index < -0.39 is 0 Å². The fourth-order valence-electron chi connectivity index (χ4n) is 3.69. The number of carbonyl (C=O) groups excluding carboxylic acids is 1. The van der Waals surface area contributed by atoms with E-state index in [9.17, 15) is 0 Å². The molecule has 1 saturated heterocycles. The molecule has 2 aromatic carbocycles. The van der Waals surface area contributed by atoms with Gasteiger partial charge >= 0.3 is 0 Å². The maximum Gasteiger partial charge on any atom is 0.116 e. The number of nitrogens with one attached hydrogen (secondary N) is 1. The molecule has 1 N–H and O–H groups in total. The van der Waals surface area contributed by atoms with E-state index >= 15 is 0 Å². The van der Waals surface area contributed by atoms with Crippen molar-refractivity contribution >= 4 is 40.7 Å². The van der Waals surface area contributed by atoms with Crippen LogP contribution in [0.15, 0.2) is 48.7 Å². The molecule has 2 atom stereocenters. The number of carbonyl (C=O) groups is 1. The van der Waals surface area contributed by atoms with Gasteiger partial charge in [0.25, 0.3) is 0 Å². The predicted octanol–water partition coefficient (Wildman–Crippen LogP) is 6.22. The Labute approximate surface area is 190 Å². The zero-order valence-corrected chi connectivity index (χ0v) is 19.6. The first-order valence-corrected chi connectivity index (χ1v) is 11.2. The van der Waals surface area contributed by atoms with Crippen LogP contribution in [0.3, 0.4) is 0 Å². The van der Waals surface area contributed by atoms with Crippen molar-refractivity contribution in [1.29, 1.82) is 5.41 Å². The summed E-state index contributed by atoms with van der Waals surface area (Å²) in [6.45, 7) is 10.3. The number of hydrogen-bond acceptors (Lipinski definition) is 4. The van der Waals surface area contributed by atoms with Crippen molar-refractivity contribution in [3.8, 4) is 0 Å². The first kappa shape index (κ1) is 24.6. The van der Waals surface area contributed by atoms with Crippen molar-refractivity contribution in [2.24, 2.45) is 5.92 Å². The fourth-order valence-corrected chi connectivity index (χ4v) is 3.92. The highest BCUT2D eigenvalue weighted by Crippen LogP contribution is 2.31. The Balaban J connectivity index is 0.000000201. The van der Waals surface area contributed by atoms with Crippen molar-refractivity contribution in [2.75, 3.05) is 11.4 Å². The average molecular weight is 441 g/mol. The summed E-state index contributed by atoms with van der Waals surface area (Å²) in [5.74, 6) is 0.737. The van der Waals surface area contributed by atoms with Crippen molar-refractivity contribution in [1.82, 2.24) is 9.78 Å². The highest BCUT2D eigenvalue weighted by atomic mass is 35.5. The van der Waals surface area contributed by atoms with Crippen molar-refractivity contribution in [2.45, 2.75) is 53.1 Å². The van der Waals surface area contributed by atoms with E-state index in [-0.39, 0.29) is 0 Å². The molecule has 0 saturated carbocycles. The van der Waals surface area contributed by atoms with Gasteiger partial charge in [0, 0.05) is 42.0 Å². The van der Waals surface area contributed by atoms with Crippen molar-refractivity contribution < 1.29 is 4.79 Å². The smallest absolute Gasteiger partial charge is 0.116 e. The van der Waals surface area contributed by atoms with Gasteiger partial charge in [0.15, 0.2) is 0 Å². The van der Waals surface area contributed by atoms with Gasteiger partial charge in [-0.15, -0.1) is 0 Å². The van der Waals surface area contributed by atoms with Crippen LogP contribution >= 0.6 is 11.6 Å². The number of aryl methyl sites for hydroxylation is 1. The third kappa shape index (κ3) is 6.41. The minimum Gasteiger partial charge on any atom is -0.369 e. The Hall–Kier alpha value is -2.66. The Kier molecular flexibility index (Phi) is 9.73. The lowest BCUT2D eigenvalue weighted by Gasteiger charge is -2.26. The van der Waals surface area contributed by atoms with Gasteiger partial charge in [0.2, 0.25) is 0 Å². The van der Waals surface area contributed by atoms with Gasteiger partial charge in [-0.25, -0.2) is 0 Å². The summed E-state index contributed by atoms with van der Waals surface area (Å²) >= 11 is 6.11. The average Bonchev–Trinajstić information content (AvgIpc) is 3.33. The van der Waals surface area contributed by atoms with Gasteiger partial charge in [0.05, 0.1) is 16.7 Å². The highest BCUT2D eigenvalue weighted by molar-refractivity contribution is 6.33. The number of rotatable bonds is 4. The minimum absolute atomic E-state index is 0.571. The van der Waals surface area contributed by atoms with Crippen LogP contribution in [0, 0.1) is 11.3 Å². The summed E-state index contributed by atoms with van der Waals surface area (Å²) in [4.78, 5) is 11.2. The maximum atomic E-state index is 8.81. The van der Waals surface area contributed by atoms with Crippen LogP contribution in [0.1, 0.15) is 46.1 Å². The van der Waals surface area contributed by atoms with Gasteiger partial charge in [0.1, 0.15) is 6.29 Å². The van der Waals surface area contributed by atoms with Crippen LogP contribution in [0.25, 0.3) is 10.9 Å². The van der Waals surface area contributed by atoms with Gasteiger partial charge in [-0.1, -0.05) is 43.6 Å². The summed E-state index contributed by atoms with van der Waals surface area (Å²) in [6.07, 6.45) is 6.34. The monoisotopic (exact) mass is 440 g/mol. The molecule has 166 valence electrons. The number of nitrogens with zero attached hydrogens (tertiary/aromatic N) is 3. The van der Waals surface area contributed by atoms with E-state index in [2.05, 4.69) is 59.7 Å². The zero-order chi connectivity index (χ0) is 22.8. The summed E-state index contributed by atoms with van der Waals surface area (Å²) in [7, 11) is 0. The first-order chi connectivity index (χ1) is 15.0. The molecule has 2 heterocycles. The van der Waals surface area contributed by atoms with Crippen molar-refractivity contribution in [3.63, 3.8) is 0 Å². The predicted molar refractivity (Wildman–Crippen MR) is 132 cm³/mol. The second-order valence-electron chi connectivity index (χ2n) is 7.71. The Bertz CT molecular complexity index is 985. The number of aldehydes is 1. The van der Waals surface area contributed by atoms with Crippen molar-refractivity contribution in [3.05, 3.63) is 59.2 Å². The Morgan fingerprint density at radius 3 is 2.52 bits per heavy atom. The normalized spacial score (nSPS) is 17.4. The molecule has 0 radical (unpaired) electrons. The van der Waals surface area contributed by atoms with Gasteiger partial charge in [-0.05, 0) is 56.9 Å². The summed E-state index contributed by atoms with van der Waals surface area (Å²) in [5, 5.41) is 13.4. The number of anilines is 1. The van der Waals surface area contributed by atoms with Crippen LogP contribution in [-0.4, -0.2) is 34.9 Å².